The van der Waals surface area contributed by atoms with Gasteiger partial charge >= 0.3 is 5.69 Å². The Morgan fingerprint density at radius 1 is 1.31 bits per heavy atom. The van der Waals surface area contributed by atoms with E-state index in [1.165, 1.54) is 11.3 Å². The van der Waals surface area contributed by atoms with Gasteiger partial charge in [0.2, 0.25) is 0 Å². The second kappa shape index (κ2) is 8.71. The lowest BCUT2D eigenvalue weighted by molar-refractivity contribution is 0.102. The number of nitrogens with zero attached hydrogens (tertiary/aromatic N) is 5. The molecule has 2 N–H and O–H groups in total. The third kappa shape index (κ3) is 3.65. The summed E-state index contributed by atoms with van der Waals surface area (Å²) in [6.45, 7) is 6.08. The van der Waals surface area contributed by atoms with Gasteiger partial charge in [0.1, 0.15) is 5.69 Å². The van der Waals surface area contributed by atoms with Gasteiger partial charge in [0, 0.05) is 44.3 Å². The Balaban J connectivity index is 1.42. The van der Waals surface area contributed by atoms with Crippen LogP contribution in [-0.4, -0.2) is 51.2 Å². The number of rotatable bonds is 5. The zero-order chi connectivity index (χ0) is 22.1. The summed E-state index contributed by atoms with van der Waals surface area (Å²) in [4.78, 5) is 37.0. The molecule has 166 valence electrons. The minimum absolute atomic E-state index is 0.112. The van der Waals surface area contributed by atoms with Gasteiger partial charge in [-0.3, -0.25) is 14.3 Å². The van der Waals surface area contributed by atoms with Gasteiger partial charge < -0.3 is 15.5 Å². The summed E-state index contributed by atoms with van der Waals surface area (Å²) >= 11 is 1.30. The fraction of sp³-hybridized carbons (Fsp3) is 0.364. The van der Waals surface area contributed by atoms with E-state index in [9.17, 15) is 9.59 Å². The summed E-state index contributed by atoms with van der Waals surface area (Å²) in [5, 5.41) is 8.51. The highest BCUT2D eigenvalue weighted by molar-refractivity contribution is 7.12. The maximum absolute atomic E-state index is 13.0. The highest BCUT2D eigenvalue weighted by Gasteiger charge is 2.23. The van der Waals surface area contributed by atoms with Crippen LogP contribution in [0.2, 0.25) is 0 Å². The summed E-state index contributed by atoms with van der Waals surface area (Å²) in [5.41, 5.74) is 3.66. The number of nitrogens with one attached hydrogen (secondary N) is 2. The van der Waals surface area contributed by atoms with E-state index in [1.54, 1.807) is 26.9 Å². The molecule has 3 aromatic rings. The average molecular weight is 452 g/mol. The fourth-order valence-corrected chi connectivity index (χ4v) is 5.10. The van der Waals surface area contributed by atoms with Gasteiger partial charge in [-0.25, -0.2) is 14.3 Å². The number of carbonyl (C=O) groups is 1. The molecule has 0 bridgehead atoms. The van der Waals surface area contributed by atoms with E-state index in [0.717, 1.165) is 56.1 Å². The molecule has 2 aliphatic rings. The first-order chi connectivity index (χ1) is 15.7. The van der Waals surface area contributed by atoms with E-state index >= 15 is 0 Å². The first-order valence-corrected chi connectivity index (χ1v) is 11.7. The smallest absolute Gasteiger partial charge is 0.335 e. The third-order valence-corrected chi connectivity index (χ3v) is 6.66. The van der Waals surface area contributed by atoms with Crippen molar-refractivity contribution in [2.75, 3.05) is 36.4 Å². The molecule has 0 aromatic carbocycles. The Labute approximate surface area is 189 Å². The van der Waals surface area contributed by atoms with Gasteiger partial charge in [-0.05, 0) is 31.9 Å². The monoisotopic (exact) mass is 451 g/mol. The normalized spacial score (nSPS) is 15.6. The topological polar surface area (TPSA) is 97.1 Å². The van der Waals surface area contributed by atoms with E-state index in [2.05, 4.69) is 31.6 Å². The maximum atomic E-state index is 13.0. The van der Waals surface area contributed by atoms with Crippen molar-refractivity contribution < 1.29 is 4.79 Å². The SMILES string of the molecule is CCn1c2c(n(-c3nc(C(=O)Nc4cnccc4N4CCNCC4)cs3)c1=O)CCC=C2. The molecule has 1 saturated heterocycles. The molecule has 10 heteroatoms. The molecule has 4 heterocycles. The molecule has 1 aliphatic heterocycles. The number of imidazole rings is 1. The van der Waals surface area contributed by atoms with Crippen LogP contribution in [0, 0.1) is 0 Å². The summed E-state index contributed by atoms with van der Waals surface area (Å²) in [6, 6.07) is 1.92. The lowest BCUT2D eigenvalue weighted by atomic mass is 10.1. The lowest BCUT2D eigenvalue weighted by Crippen LogP contribution is -2.43. The third-order valence-electron chi connectivity index (χ3n) is 5.84. The quantitative estimate of drug-likeness (QED) is 0.617. The second-order valence-electron chi connectivity index (χ2n) is 7.73. The van der Waals surface area contributed by atoms with Crippen LogP contribution < -0.4 is 21.2 Å². The molecule has 1 amide bonds. The predicted molar refractivity (Wildman–Crippen MR) is 126 cm³/mol. The maximum Gasteiger partial charge on any atom is 0.335 e. The molecule has 0 unspecified atom stereocenters. The van der Waals surface area contributed by atoms with Crippen LogP contribution in [0.1, 0.15) is 35.2 Å². The molecule has 5 rings (SSSR count). The largest absolute Gasteiger partial charge is 0.367 e. The van der Waals surface area contributed by atoms with Gasteiger partial charge in [-0.1, -0.05) is 6.08 Å². The highest BCUT2D eigenvalue weighted by atomic mass is 32.1. The molecule has 0 atom stereocenters. The Morgan fingerprint density at radius 3 is 2.97 bits per heavy atom. The molecule has 0 saturated carbocycles. The number of thiazole rings is 1. The molecule has 9 nitrogen and oxygen atoms in total. The van der Waals surface area contributed by atoms with Crippen LogP contribution in [0.15, 0.2) is 34.7 Å². The number of fused-ring (bicyclic) bond motifs is 1. The molecular weight excluding hydrogens is 426 g/mol. The zero-order valence-electron chi connectivity index (χ0n) is 17.9. The number of hydrogen-bond acceptors (Lipinski definition) is 7. The number of pyridine rings is 1. The van der Waals surface area contributed by atoms with Gasteiger partial charge in [-0.15, -0.1) is 11.3 Å². The Morgan fingerprint density at radius 2 is 2.16 bits per heavy atom. The van der Waals surface area contributed by atoms with E-state index in [0.29, 0.717) is 17.4 Å². The highest BCUT2D eigenvalue weighted by Crippen LogP contribution is 2.27. The number of carbonyl (C=O) groups excluding carboxylic acids is 1. The Kier molecular flexibility index (Phi) is 5.62. The van der Waals surface area contributed by atoms with Crippen LogP contribution in [-0.2, 0) is 13.0 Å². The van der Waals surface area contributed by atoms with Gasteiger partial charge in [0.25, 0.3) is 5.91 Å². The van der Waals surface area contributed by atoms with Crippen LogP contribution in [0.4, 0.5) is 11.4 Å². The van der Waals surface area contributed by atoms with Gasteiger partial charge in [-0.2, -0.15) is 0 Å². The number of anilines is 2. The number of allylic oxidation sites excluding steroid dienone is 1. The zero-order valence-corrected chi connectivity index (χ0v) is 18.7. The molecule has 0 radical (unpaired) electrons. The molecule has 3 aromatic heterocycles. The Hall–Kier alpha value is -3.24. The van der Waals surface area contributed by atoms with Crippen molar-refractivity contribution in [3.05, 3.63) is 57.5 Å². The van der Waals surface area contributed by atoms with Crippen molar-refractivity contribution in [2.45, 2.75) is 26.3 Å². The van der Waals surface area contributed by atoms with Crippen LogP contribution in [0.3, 0.4) is 0 Å². The molecule has 1 aliphatic carbocycles. The molecule has 32 heavy (non-hydrogen) atoms. The first-order valence-electron chi connectivity index (χ1n) is 10.8. The van der Waals surface area contributed by atoms with E-state index in [4.69, 9.17) is 0 Å². The molecule has 0 spiro atoms. The van der Waals surface area contributed by atoms with E-state index in [-0.39, 0.29) is 17.3 Å². The lowest BCUT2D eigenvalue weighted by Gasteiger charge is -2.30. The van der Waals surface area contributed by atoms with E-state index < -0.39 is 0 Å². The van der Waals surface area contributed by atoms with E-state index in [1.807, 2.05) is 19.1 Å². The molecule has 1 fully saturated rings. The fourth-order valence-electron chi connectivity index (χ4n) is 4.28. The van der Waals surface area contributed by atoms with Crippen molar-refractivity contribution in [3.8, 4) is 5.13 Å². The minimum atomic E-state index is -0.311. The number of piperazine rings is 1. The number of amides is 1. The summed E-state index contributed by atoms with van der Waals surface area (Å²) in [5.74, 6) is -0.311. The minimum Gasteiger partial charge on any atom is -0.367 e. The summed E-state index contributed by atoms with van der Waals surface area (Å²) in [7, 11) is 0. The predicted octanol–water partition coefficient (Wildman–Crippen LogP) is 2.13. The van der Waals surface area contributed by atoms with Crippen LogP contribution in [0.5, 0.6) is 0 Å². The van der Waals surface area contributed by atoms with Crippen molar-refractivity contribution in [3.63, 3.8) is 0 Å². The van der Waals surface area contributed by atoms with Crippen molar-refractivity contribution >= 4 is 34.7 Å². The van der Waals surface area contributed by atoms with Crippen molar-refractivity contribution in [1.29, 1.82) is 0 Å². The van der Waals surface area contributed by atoms with Crippen LogP contribution >= 0.6 is 11.3 Å². The number of aromatic nitrogens is 4. The first kappa shape index (κ1) is 20.7. The summed E-state index contributed by atoms with van der Waals surface area (Å²) in [6.07, 6.45) is 9.14. The van der Waals surface area contributed by atoms with Crippen molar-refractivity contribution in [2.24, 2.45) is 0 Å². The molecular formula is C22H25N7O2S. The Bertz CT molecular complexity index is 1230. The van der Waals surface area contributed by atoms with Gasteiger partial charge in [0.15, 0.2) is 5.13 Å². The van der Waals surface area contributed by atoms with Crippen LogP contribution in [0.25, 0.3) is 11.2 Å². The second-order valence-corrected chi connectivity index (χ2v) is 8.57. The van der Waals surface area contributed by atoms with Crippen molar-refractivity contribution in [1.82, 2.24) is 24.4 Å². The summed E-state index contributed by atoms with van der Waals surface area (Å²) < 4.78 is 3.40. The standard InChI is InChI=1S/C22H25N7O2S/c1-2-28-18-5-3-4-6-19(18)29(22(28)31)21-26-16(14-32-21)20(30)25-15-13-24-8-7-17(15)27-11-9-23-10-12-27/h3,5,7-8,13-14,23H,2,4,6,9-12H2,1H3,(H,25,30). The van der Waals surface area contributed by atoms with Gasteiger partial charge in [0.05, 0.1) is 29.0 Å². The average Bonchev–Trinajstić information content (AvgIpc) is 3.42. The number of hydrogen-bond donors (Lipinski definition) is 2.